The molecule has 0 aromatic carbocycles. The van der Waals surface area contributed by atoms with Gasteiger partial charge in [0.15, 0.2) is 0 Å². The van der Waals surface area contributed by atoms with E-state index in [1.54, 1.807) is 0 Å². The van der Waals surface area contributed by atoms with Crippen LogP contribution in [0, 0.1) is 5.92 Å². The highest BCUT2D eigenvalue weighted by Gasteiger charge is 2.11. The first-order valence-electron chi connectivity index (χ1n) is 4.74. The molecule has 1 heteroatoms. The van der Waals surface area contributed by atoms with Gasteiger partial charge in [0.1, 0.15) is 0 Å². The molecule has 1 heterocycles. The van der Waals surface area contributed by atoms with Gasteiger partial charge in [-0.25, -0.2) is 0 Å². The average Bonchev–Trinajstić information content (AvgIpc) is 1.85. The molecule has 11 heavy (non-hydrogen) atoms. The molecule has 0 aromatic rings. The van der Waals surface area contributed by atoms with Crippen molar-refractivity contribution in [3.63, 3.8) is 0 Å². The fraction of sp³-hybridized carbons (Fsp3) is 0.900. The van der Waals surface area contributed by atoms with Crippen molar-refractivity contribution in [2.45, 2.75) is 52.5 Å². The van der Waals surface area contributed by atoms with Crippen LogP contribution in [0.25, 0.3) is 0 Å². The first kappa shape index (κ1) is 8.76. The molecule has 0 aliphatic carbocycles. The van der Waals surface area contributed by atoms with Gasteiger partial charge in [-0.2, -0.15) is 0 Å². The molecule has 0 fully saturated rings. The third-order valence-electron chi connectivity index (χ3n) is 2.13. The average molecular weight is 153 g/mol. The molecule has 0 saturated carbocycles. The quantitative estimate of drug-likeness (QED) is 0.578. The highest BCUT2D eigenvalue weighted by molar-refractivity contribution is 5.85. The van der Waals surface area contributed by atoms with Gasteiger partial charge in [-0.1, -0.05) is 13.8 Å². The first-order chi connectivity index (χ1) is 5.18. The van der Waals surface area contributed by atoms with Crippen LogP contribution in [0.5, 0.6) is 0 Å². The van der Waals surface area contributed by atoms with E-state index in [2.05, 4.69) is 25.8 Å². The van der Waals surface area contributed by atoms with Gasteiger partial charge in [-0.3, -0.25) is 4.99 Å². The van der Waals surface area contributed by atoms with Crippen molar-refractivity contribution >= 4 is 5.71 Å². The van der Waals surface area contributed by atoms with Gasteiger partial charge in [0.05, 0.1) is 0 Å². The summed E-state index contributed by atoms with van der Waals surface area (Å²) < 4.78 is 0. The van der Waals surface area contributed by atoms with Gasteiger partial charge in [-0.05, 0) is 38.5 Å². The summed E-state index contributed by atoms with van der Waals surface area (Å²) in [6.07, 6.45) is 5.11. The Morgan fingerprint density at radius 2 is 2.27 bits per heavy atom. The molecule has 0 bridgehead atoms. The van der Waals surface area contributed by atoms with Crippen molar-refractivity contribution < 1.29 is 0 Å². The Kier molecular flexibility index (Phi) is 3.10. The van der Waals surface area contributed by atoms with Gasteiger partial charge in [0.25, 0.3) is 0 Å². The largest absolute Gasteiger partial charge is 0.291 e. The Bertz CT molecular complexity index is 147. The highest BCUT2D eigenvalue weighted by Crippen LogP contribution is 2.16. The summed E-state index contributed by atoms with van der Waals surface area (Å²) in [6.45, 7) is 6.75. The first-order valence-corrected chi connectivity index (χ1v) is 4.74. The molecule has 1 aliphatic rings. The molecular formula is C10H19N. The zero-order valence-electron chi connectivity index (χ0n) is 7.93. The molecule has 1 atom stereocenters. The third-order valence-corrected chi connectivity index (χ3v) is 2.13. The van der Waals surface area contributed by atoms with E-state index in [0.29, 0.717) is 6.04 Å². The Hall–Kier alpha value is -0.330. The second-order valence-electron chi connectivity index (χ2n) is 4.03. The fourth-order valence-corrected chi connectivity index (χ4v) is 1.67. The van der Waals surface area contributed by atoms with Crippen LogP contribution in [0.2, 0.25) is 0 Å². The molecule has 0 radical (unpaired) electrons. The van der Waals surface area contributed by atoms with Gasteiger partial charge in [0.2, 0.25) is 0 Å². The third kappa shape index (κ3) is 3.04. The van der Waals surface area contributed by atoms with Crippen LogP contribution < -0.4 is 0 Å². The fourth-order valence-electron chi connectivity index (χ4n) is 1.67. The van der Waals surface area contributed by atoms with E-state index in [9.17, 15) is 0 Å². The van der Waals surface area contributed by atoms with E-state index >= 15 is 0 Å². The number of rotatable bonds is 2. The standard InChI is InChI=1S/C10H19N/c1-8(2)7-10-6-4-5-9(3)11-10/h8-9H,4-7H2,1-3H3/t9-/m0/s1. The molecule has 0 amide bonds. The van der Waals surface area contributed by atoms with Crippen molar-refractivity contribution in [3.05, 3.63) is 0 Å². The molecule has 1 nitrogen and oxygen atoms in total. The molecule has 0 spiro atoms. The Balaban J connectivity index is 2.43. The zero-order valence-corrected chi connectivity index (χ0v) is 7.93. The Morgan fingerprint density at radius 3 is 2.82 bits per heavy atom. The van der Waals surface area contributed by atoms with E-state index < -0.39 is 0 Å². The molecule has 1 aliphatic heterocycles. The van der Waals surface area contributed by atoms with E-state index in [-0.39, 0.29) is 0 Å². The lowest BCUT2D eigenvalue weighted by atomic mass is 9.97. The van der Waals surface area contributed by atoms with Crippen molar-refractivity contribution in [2.75, 3.05) is 0 Å². The van der Waals surface area contributed by atoms with Crippen molar-refractivity contribution in [2.24, 2.45) is 10.9 Å². The van der Waals surface area contributed by atoms with Gasteiger partial charge in [-0.15, -0.1) is 0 Å². The summed E-state index contributed by atoms with van der Waals surface area (Å²) in [7, 11) is 0. The topological polar surface area (TPSA) is 12.4 Å². The highest BCUT2D eigenvalue weighted by atomic mass is 14.8. The number of hydrogen-bond acceptors (Lipinski definition) is 1. The van der Waals surface area contributed by atoms with E-state index in [0.717, 1.165) is 5.92 Å². The molecular weight excluding hydrogens is 134 g/mol. The normalized spacial score (nSPS) is 25.5. The molecule has 0 aromatic heterocycles. The van der Waals surface area contributed by atoms with Crippen LogP contribution in [0.3, 0.4) is 0 Å². The molecule has 0 saturated heterocycles. The Labute approximate surface area is 69.9 Å². The van der Waals surface area contributed by atoms with Crippen molar-refractivity contribution in [3.8, 4) is 0 Å². The maximum absolute atomic E-state index is 4.64. The van der Waals surface area contributed by atoms with Crippen LogP contribution in [-0.4, -0.2) is 11.8 Å². The van der Waals surface area contributed by atoms with Crippen molar-refractivity contribution in [1.29, 1.82) is 0 Å². The zero-order chi connectivity index (χ0) is 8.27. The van der Waals surface area contributed by atoms with E-state index in [4.69, 9.17) is 0 Å². The summed E-state index contributed by atoms with van der Waals surface area (Å²) in [5.74, 6) is 0.777. The summed E-state index contributed by atoms with van der Waals surface area (Å²) in [5, 5.41) is 0. The number of aliphatic imine (C=N–C) groups is 1. The summed E-state index contributed by atoms with van der Waals surface area (Å²) in [5.41, 5.74) is 1.46. The van der Waals surface area contributed by atoms with Crippen molar-refractivity contribution in [1.82, 2.24) is 0 Å². The minimum Gasteiger partial charge on any atom is -0.291 e. The maximum atomic E-state index is 4.64. The number of hydrogen-bond donors (Lipinski definition) is 0. The van der Waals surface area contributed by atoms with Crippen LogP contribution in [0.15, 0.2) is 4.99 Å². The lowest BCUT2D eigenvalue weighted by Crippen LogP contribution is -2.14. The lowest BCUT2D eigenvalue weighted by molar-refractivity contribution is 0.584. The monoisotopic (exact) mass is 153 g/mol. The lowest BCUT2D eigenvalue weighted by Gasteiger charge is -2.18. The summed E-state index contributed by atoms with van der Waals surface area (Å²) >= 11 is 0. The molecule has 0 unspecified atom stereocenters. The van der Waals surface area contributed by atoms with Crippen LogP contribution in [0.4, 0.5) is 0 Å². The van der Waals surface area contributed by atoms with Gasteiger partial charge >= 0.3 is 0 Å². The second kappa shape index (κ2) is 3.89. The number of nitrogens with zero attached hydrogens (tertiary/aromatic N) is 1. The van der Waals surface area contributed by atoms with E-state index in [1.807, 2.05) is 0 Å². The van der Waals surface area contributed by atoms with Gasteiger partial charge < -0.3 is 0 Å². The summed E-state index contributed by atoms with van der Waals surface area (Å²) in [4.78, 5) is 4.64. The SMILES string of the molecule is CC(C)CC1=N[C@@H](C)CCC1. The predicted molar refractivity (Wildman–Crippen MR) is 50.2 cm³/mol. The van der Waals surface area contributed by atoms with Crippen LogP contribution in [0.1, 0.15) is 46.5 Å². The van der Waals surface area contributed by atoms with E-state index in [1.165, 1.54) is 31.4 Å². The smallest absolute Gasteiger partial charge is 0.0470 e. The van der Waals surface area contributed by atoms with Gasteiger partial charge in [0, 0.05) is 11.8 Å². The van der Waals surface area contributed by atoms with Crippen LogP contribution >= 0.6 is 0 Å². The summed E-state index contributed by atoms with van der Waals surface area (Å²) in [6, 6.07) is 0.595. The predicted octanol–water partition coefficient (Wildman–Crippen LogP) is 3.05. The van der Waals surface area contributed by atoms with Crippen LogP contribution in [-0.2, 0) is 0 Å². The molecule has 0 N–H and O–H groups in total. The minimum atomic E-state index is 0.595. The minimum absolute atomic E-state index is 0.595. The maximum Gasteiger partial charge on any atom is 0.0470 e. The molecule has 1 rings (SSSR count). The second-order valence-corrected chi connectivity index (χ2v) is 4.03. The molecule has 64 valence electrons. The Morgan fingerprint density at radius 1 is 1.55 bits per heavy atom.